The Morgan fingerprint density at radius 3 is 2.26 bits per heavy atom. The van der Waals surface area contributed by atoms with E-state index in [0.717, 1.165) is 11.1 Å². The molecule has 31 heavy (non-hydrogen) atoms. The number of esters is 1. The number of likely N-dealkylation sites (tertiary alicyclic amines) is 1. The van der Waals surface area contributed by atoms with E-state index in [1.165, 1.54) is 7.11 Å². The van der Waals surface area contributed by atoms with E-state index in [0.29, 0.717) is 37.3 Å². The van der Waals surface area contributed by atoms with Crippen LogP contribution < -0.4 is 4.74 Å². The second-order valence-corrected chi connectivity index (χ2v) is 7.89. The molecule has 7 nitrogen and oxygen atoms in total. The van der Waals surface area contributed by atoms with Crippen LogP contribution in [0.5, 0.6) is 5.75 Å². The number of nitrogens with zero attached hydrogens (tertiary/aromatic N) is 3. The summed E-state index contributed by atoms with van der Waals surface area (Å²) in [6, 6.07) is 17.1. The third-order valence-electron chi connectivity index (χ3n) is 5.46. The van der Waals surface area contributed by atoms with Gasteiger partial charge in [0, 0.05) is 20.6 Å². The number of methoxy groups -OCH3 is 1. The van der Waals surface area contributed by atoms with Crippen molar-refractivity contribution in [1.29, 1.82) is 5.26 Å². The predicted molar refractivity (Wildman–Crippen MR) is 116 cm³/mol. The lowest BCUT2D eigenvalue weighted by Crippen LogP contribution is -2.44. The molecule has 2 aromatic rings. The summed E-state index contributed by atoms with van der Waals surface area (Å²) in [6.07, 6.45) is 0.988. The van der Waals surface area contributed by atoms with Crippen molar-refractivity contribution in [2.24, 2.45) is 5.92 Å². The molecule has 1 saturated heterocycles. The molecule has 1 fully saturated rings. The first kappa shape index (κ1) is 22.2. The quantitative estimate of drug-likeness (QED) is 0.666. The Labute approximate surface area is 182 Å². The molecule has 0 aromatic heterocycles. The van der Waals surface area contributed by atoms with Crippen molar-refractivity contribution in [3.8, 4) is 22.9 Å². The summed E-state index contributed by atoms with van der Waals surface area (Å²) in [5.41, 5.74) is 2.68. The van der Waals surface area contributed by atoms with E-state index >= 15 is 0 Å². The smallest absolute Gasteiger partial charge is 0.319 e. The van der Waals surface area contributed by atoms with Gasteiger partial charge in [-0.15, -0.1) is 0 Å². The molecule has 1 aliphatic rings. The van der Waals surface area contributed by atoms with Crippen molar-refractivity contribution in [2.45, 2.75) is 18.9 Å². The summed E-state index contributed by atoms with van der Waals surface area (Å²) in [5.74, 6) is 0.511. The lowest BCUT2D eigenvalue weighted by atomic mass is 10.0. The molecule has 0 unspecified atom stereocenters. The molecule has 2 aromatic carbocycles. The van der Waals surface area contributed by atoms with Crippen LogP contribution in [0.3, 0.4) is 0 Å². The standard InChI is InChI=1S/C24H27N3O4/c1-26(2)24(29)27-15-18(13-23(28)30-3)12-21(27)16-31-22-10-8-20(9-11-22)19-6-4-17(14-25)5-7-19/h4-11,18,21H,12-13,15-16H2,1-3H3/t18-,21-/m0/s1. The van der Waals surface area contributed by atoms with Gasteiger partial charge in [0.1, 0.15) is 12.4 Å². The zero-order valence-corrected chi connectivity index (χ0v) is 18.1. The molecule has 1 heterocycles. The highest BCUT2D eigenvalue weighted by Gasteiger charge is 2.37. The minimum Gasteiger partial charge on any atom is -0.491 e. The van der Waals surface area contributed by atoms with Crippen molar-refractivity contribution < 1.29 is 19.1 Å². The Kier molecular flexibility index (Phi) is 7.14. The minimum atomic E-state index is -0.262. The number of amides is 2. The van der Waals surface area contributed by atoms with Crippen LogP contribution in [0.25, 0.3) is 11.1 Å². The van der Waals surface area contributed by atoms with E-state index in [-0.39, 0.29) is 24.0 Å². The van der Waals surface area contributed by atoms with Gasteiger partial charge in [-0.3, -0.25) is 4.79 Å². The molecule has 0 N–H and O–H groups in total. The van der Waals surface area contributed by atoms with Crippen molar-refractivity contribution in [3.05, 3.63) is 54.1 Å². The summed E-state index contributed by atoms with van der Waals surface area (Å²) in [4.78, 5) is 27.6. The van der Waals surface area contributed by atoms with E-state index in [2.05, 4.69) is 6.07 Å². The largest absolute Gasteiger partial charge is 0.491 e. The van der Waals surface area contributed by atoms with Gasteiger partial charge in [-0.05, 0) is 47.7 Å². The normalized spacial score (nSPS) is 17.7. The maximum atomic E-state index is 12.6. The second-order valence-electron chi connectivity index (χ2n) is 7.89. The molecule has 0 bridgehead atoms. The predicted octanol–water partition coefficient (Wildman–Crippen LogP) is 3.54. The number of hydrogen-bond acceptors (Lipinski definition) is 5. The molecule has 0 radical (unpaired) electrons. The van der Waals surface area contributed by atoms with E-state index in [4.69, 9.17) is 14.7 Å². The Hall–Kier alpha value is -3.53. The number of benzene rings is 2. The Bertz CT molecular complexity index is 948. The number of urea groups is 1. The maximum absolute atomic E-state index is 12.6. The van der Waals surface area contributed by atoms with E-state index < -0.39 is 0 Å². The summed E-state index contributed by atoms with van der Waals surface area (Å²) < 4.78 is 10.8. The Morgan fingerprint density at radius 1 is 1.10 bits per heavy atom. The van der Waals surface area contributed by atoms with Crippen LogP contribution in [-0.4, -0.2) is 62.2 Å². The molecule has 3 rings (SSSR count). The van der Waals surface area contributed by atoms with Gasteiger partial charge < -0.3 is 19.3 Å². The number of hydrogen-bond donors (Lipinski definition) is 0. The van der Waals surface area contributed by atoms with Gasteiger partial charge in [-0.2, -0.15) is 5.26 Å². The minimum absolute atomic E-state index is 0.0590. The summed E-state index contributed by atoms with van der Waals surface area (Å²) >= 11 is 0. The Balaban J connectivity index is 1.64. The number of ether oxygens (including phenoxy) is 2. The van der Waals surface area contributed by atoms with Gasteiger partial charge in [0.25, 0.3) is 0 Å². The lowest BCUT2D eigenvalue weighted by molar-refractivity contribution is -0.141. The summed E-state index contributed by atoms with van der Waals surface area (Å²) in [6.45, 7) is 0.866. The van der Waals surface area contributed by atoms with Crippen LogP contribution in [0.4, 0.5) is 4.79 Å². The van der Waals surface area contributed by atoms with Gasteiger partial charge in [-0.25, -0.2) is 4.79 Å². The highest BCUT2D eigenvalue weighted by atomic mass is 16.5. The van der Waals surface area contributed by atoms with Crippen LogP contribution in [0.1, 0.15) is 18.4 Å². The topological polar surface area (TPSA) is 82.9 Å². The fourth-order valence-electron chi connectivity index (χ4n) is 3.80. The number of nitriles is 1. The lowest BCUT2D eigenvalue weighted by Gasteiger charge is -2.27. The van der Waals surface area contributed by atoms with Crippen LogP contribution in [-0.2, 0) is 9.53 Å². The SMILES string of the molecule is COC(=O)C[C@@H]1C[C@@H](COc2ccc(-c3ccc(C#N)cc3)cc2)N(C(=O)N(C)C)C1. The third-order valence-corrected chi connectivity index (χ3v) is 5.46. The van der Waals surface area contributed by atoms with Gasteiger partial charge in [0.2, 0.25) is 0 Å². The number of carbonyl (C=O) groups is 2. The molecule has 1 aliphatic heterocycles. The molecule has 2 atom stereocenters. The van der Waals surface area contributed by atoms with Crippen molar-refractivity contribution in [3.63, 3.8) is 0 Å². The van der Waals surface area contributed by atoms with E-state index in [1.807, 2.05) is 36.4 Å². The summed E-state index contributed by atoms with van der Waals surface area (Å²) in [7, 11) is 4.81. The van der Waals surface area contributed by atoms with Crippen LogP contribution >= 0.6 is 0 Å². The molecule has 0 spiro atoms. The molecule has 2 amide bonds. The fraction of sp³-hybridized carbons (Fsp3) is 0.375. The van der Waals surface area contributed by atoms with Crippen LogP contribution in [0.2, 0.25) is 0 Å². The van der Waals surface area contributed by atoms with Gasteiger partial charge in [-0.1, -0.05) is 24.3 Å². The molecule has 162 valence electrons. The average molecular weight is 421 g/mol. The average Bonchev–Trinajstić information content (AvgIpc) is 3.19. The monoisotopic (exact) mass is 421 g/mol. The summed E-state index contributed by atoms with van der Waals surface area (Å²) in [5, 5.41) is 8.92. The highest BCUT2D eigenvalue weighted by Crippen LogP contribution is 2.28. The van der Waals surface area contributed by atoms with Gasteiger partial charge in [0.15, 0.2) is 0 Å². The number of carbonyl (C=O) groups excluding carboxylic acids is 2. The first-order chi connectivity index (χ1) is 14.9. The zero-order chi connectivity index (χ0) is 22.4. The van der Waals surface area contributed by atoms with E-state index in [1.54, 1.807) is 36.0 Å². The van der Waals surface area contributed by atoms with Crippen LogP contribution in [0, 0.1) is 17.2 Å². The fourth-order valence-corrected chi connectivity index (χ4v) is 3.80. The molecule has 0 aliphatic carbocycles. The first-order valence-electron chi connectivity index (χ1n) is 10.2. The van der Waals surface area contributed by atoms with Crippen molar-refractivity contribution >= 4 is 12.0 Å². The maximum Gasteiger partial charge on any atom is 0.319 e. The zero-order valence-electron chi connectivity index (χ0n) is 18.1. The third kappa shape index (κ3) is 5.54. The number of rotatable bonds is 6. The molecule has 7 heteroatoms. The Morgan fingerprint density at radius 2 is 1.71 bits per heavy atom. The first-order valence-corrected chi connectivity index (χ1v) is 10.2. The van der Waals surface area contributed by atoms with Gasteiger partial charge in [0.05, 0.1) is 31.2 Å². The van der Waals surface area contributed by atoms with Crippen LogP contribution in [0.15, 0.2) is 48.5 Å². The van der Waals surface area contributed by atoms with Crippen molar-refractivity contribution in [2.75, 3.05) is 34.4 Å². The van der Waals surface area contributed by atoms with E-state index in [9.17, 15) is 9.59 Å². The molecular weight excluding hydrogens is 394 g/mol. The molecule has 0 saturated carbocycles. The van der Waals surface area contributed by atoms with Gasteiger partial charge >= 0.3 is 12.0 Å². The van der Waals surface area contributed by atoms with Crippen molar-refractivity contribution in [1.82, 2.24) is 9.80 Å². The highest BCUT2D eigenvalue weighted by molar-refractivity contribution is 5.75. The molecular formula is C24H27N3O4. The second kappa shape index (κ2) is 9.98.